The normalized spacial score (nSPS) is 18.0. The van der Waals surface area contributed by atoms with Crippen LogP contribution in [-0.4, -0.2) is 43.6 Å². The van der Waals surface area contributed by atoms with Crippen LogP contribution in [0.25, 0.3) is 0 Å². The van der Waals surface area contributed by atoms with Crippen LogP contribution >= 0.6 is 0 Å². The Morgan fingerprint density at radius 2 is 2.09 bits per heavy atom. The van der Waals surface area contributed by atoms with Crippen LogP contribution in [0, 0.1) is 5.92 Å². The number of ether oxygens (including phenoxy) is 1. The number of likely N-dealkylation sites (tertiary alicyclic amines) is 1. The average Bonchev–Trinajstić information content (AvgIpc) is 2.95. The smallest absolute Gasteiger partial charge is 0.227 e. The molecule has 0 saturated carbocycles. The zero-order chi connectivity index (χ0) is 15.9. The minimum absolute atomic E-state index is 0.230. The van der Waals surface area contributed by atoms with E-state index in [2.05, 4.69) is 19.2 Å². The summed E-state index contributed by atoms with van der Waals surface area (Å²) in [6.07, 6.45) is 2.69. The predicted octanol–water partition coefficient (Wildman–Crippen LogP) is 2.47. The number of benzene rings is 1. The molecular weight excluding hydrogens is 276 g/mol. The first-order valence-corrected chi connectivity index (χ1v) is 8.26. The molecule has 1 saturated heterocycles. The molecular formula is C18H28N2O2. The first kappa shape index (κ1) is 16.8. The van der Waals surface area contributed by atoms with Crippen LogP contribution < -0.4 is 10.1 Å². The Labute approximate surface area is 133 Å². The van der Waals surface area contributed by atoms with Crippen LogP contribution in [0.4, 0.5) is 0 Å². The SMILES string of the molecule is CNCC1CCCN1C(=O)Cc1ccc(OCC(C)C)cc1. The minimum atomic E-state index is 0.230. The number of likely N-dealkylation sites (N-methyl/N-ethyl adjacent to an activating group) is 1. The third kappa shape index (κ3) is 4.73. The number of rotatable bonds is 7. The number of hydrogen-bond acceptors (Lipinski definition) is 3. The van der Waals surface area contributed by atoms with Crippen molar-refractivity contribution in [2.45, 2.75) is 39.2 Å². The molecule has 0 radical (unpaired) electrons. The van der Waals surface area contributed by atoms with E-state index in [0.717, 1.165) is 43.9 Å². The summed E-state index contributed by atoms with van der Waals surface area (Å²) in [7, 11) is 1.94. The van der Waals surface area contributed by atoms with Crippen molar-refractivity contribution in [1.29, 1.82) is 0 Å². The monoisotopic (exact) mass is 304 g/mol. The number of amides is 1. The molecule has 22 heavy (non-hydrogen) atoms. The summed E-state index contributed by atoms with van der Waals surface area (Å²) >= 11 is 0. The molecule has 0 aliphatic carbocycles. The van der Waals surface area contributed by atoms with Crippen molar-refractivity contribution in [1.82, 2.24) is 10.2 Å². The van der Waals surface area contributed by atoms with Gasteiger partial charge < -0.3 is 15.0 Å². The highest BCUT2D eigenvalue weighted by molar-refractivity contribution is 5.79. The van der Waals surface area contributed by atoms with Gasteiger partial charge in [0, 0.05) is 19.1 Å². The summed E-state index contributed by atoms with van der Waals surface area (Å²) in [6, 6.07) is 8.26. The molecule has 1 aromatic rings. The van der Waals surface area contributed by atoms with Gasteiger partial charge in [-0.3, -0.25) is 4.79 Å². The lowest BCUT2D eigenvalue weighted by molar-refractivity contribution is -0.131. The summed E-state index contributed by atoms with van der Waals surface area (Å²) in [6.45, 7) is 6.75. The number of hydrogen-bond donors (Lipinski definition) is 1. The molecule has 1 N–H and O–H groups in total. The van der Waals surface area contributed by atoms with Crippen LogP contribution in [0.2, 0.25) is 0 Å². The predicted molar refractivity (Wildman–Crippen MR) is 89.1 cm³/mol. The number of nitrogens with zero attached hydrogens (tertiary/aromatic N) is 1. The largest absolute Gasteiger partial charge is 0.493 e. The van der Waals surface area contributed by atoms with Crippen molar-refractivity contribution in [3.8, 4) is 5.75 Å². The summed E-state index contributed by atoms with van der Waals surface area (Å²) in [5.74, 6) is 1.62. The third-order valence-electron chi connectivity index (χ3n) is 4.00. The molecule has 4 heteroatoms. The van der Waals surface area contributed by atoms with Gasteiger partial charge in [0.25, 0.3) is 0 Å². The van der Waals surface area contributed by atoms with Crippen molar-refractivity contribution in [2.24, 2.45) is 5.92 Å². The molecule has 0 bridgehead atoms. The molecule has 122 valence electrons. The Balaban J connectivity index is 1.88. The van der Waals surface area contributed by atoms with Crippen molar-refractivity contribution < 1.29 is 9.53 Å². The van der Waals surface area contributed by atoms with Crippen LogP contribution in [0.5, 0.6) is 5.75 Å². The Bertz CT molecular complexity index is 470. The highest BCUT2D eigenvalue weighted by Gasteiger charge is 2.27. The third-order valence-corrected chi connectivity index (χ3v) is 4.00. The maximum atomic E-state index is 12.5. The number of nitrogens with one attached hydrogen (secondary N) is 1. The van der Waals surface area contributed by atoms with Gasteiger partial charge in [0.05, 0.1) is 13.0 Å². The maximum Gasteiger partial charge on any atom is 0.227 e. The zero-order valence-corrected chi connectivity index (χ0v) is 14.0. The van der Waals surface area contributed by atoms with Gasteiger partial charge in [-0.1, -0.05) is 26.0 Å². The molecule has 2 rings (SSSR count). The van der Waals surface area contributed by atoms with E-state index in [4.69, 9.17) is 4.74 Å². The Morgan fingerprint density at radius 1 is 1.36 bits per heavy atom. The van der Waals surface area contributed by atoms with Gasteiger partial charge in [-0.15, -0.1) is 0 Å². The van der Waals surface area contributed by atoms with E-state index in [0.29, 0.717) is 18.4 Å². The quantitative estimate of drug-likeness (QED) is 0.841. The second-order valence-corrected chi connectivity index (χ2v) is 6.47. The van der Waals surface area contributed by atoms with Crippen LogP contribution in [0.15, 0.2) is 24.3 Å². The van der Waals surface area contributed by atoms with Crippen molar-refractivity contribution in [3.05, 3.63) is 29.8 Å². The average molecular weight is 304 g/mol. The Hall–Kier alpha value is -1.55. The van der Waals surface area contributed by atoms with E-state index < -0.39 is 0 Å². The summed E-state index contributed by atoms with van der Waals surface area (Å²) < 4.78 is 5.67. The van der Waals surface area contributed by atoms with Crippen molar-refractivity contribution in [2.75, 3.05) is 26.7 Å². The highest BCUT2D eigenvalue weighted by Crippen LogP contribution is 2.19. The van der Waals surface area contributed by atoms with E-state index in [1.165, 1.54) is 0 Å². The molecule has 1 aliphatic rings. The second-order valence-electron chi connectivity index (χ2n) is 6.47. The first-order valence-electron chi connectivity index (χ1n) is 8.26. The maximum absolute atomic E-state index is 12.5. The standard InChI is InChI=1S/C18H28N2O2/c1-14(2)13-22-17-8-6-15(7-9-17)11-18(21)20-10-4-5-16(20)12-19-3/h6-9,14,16,19H,4-5,10-13H2,1-3H3. The van der Waals surface area contributed by atoms with E-state index in [-0.39, 0.29) is 5.91 Å². The highest BCUT2D eigenvalue weighted by atomic mass is 16.5. The number of carbonyl (C=O) groups excluding carboxylic acids is 1. The molecule has 1 heterocycles. The minimum Gasteiger partial charge on any atom is -0.493 e. The molecule has 0 aromatic heterocycles. The van der Waals surface area contributed by atoms with Crippen LogP contribution in [-0.2, 0) is 11.2 Å². The summed E-state index contributed by atoms with van der Waals surface area (Å²) in [5, 5.41) is 3.18. The molecule has 1 unspecified atom stereocenters. The summed E-state index contributed by atoms with van der Waals surface area (Å²) in [4.78, 5) is 14.5. The molecule has 1 atom stereocenters. The first-order chi connectivity index (χ1) is 10.6. The van der Waals surface area contributed by atoms with Gasteiger partial charge in [0.2, 0.25) is 5.91 Å². The van der Waals surface area contributed by atoms with Crippen molar-refractivity contribution in [3.63, 3.8) is 0 Å². The molecule has 1 aliphatic heterocycles. The van der Waals surface area contributed by atoms with Gasteiger partial charge >= 0.3 is 0 Å². The Kier molecular flexibility index (Phi) is 6.25. The molecule has 1 aromatic carbocycles. The van der Waals surface area contributed by atoms with Crippen LogP contribution in [0.3, 0.4) is 0 Å². The van der Waals surface area contributed by atoms with Crippen LogP contribution in [0.1, 0.15) is 32.3 Å². The van der Waals surface area contributed by atoms with Crippen molar-refractivity contribution >= 4 is 5.91 Å². The van der Waals surface area contributed by atoms with Gasteiger partial charge in [-0.05, 0) is 43.5 Å². The molecule has 0 spiro atoms. The lowest BCUT2D eigenvalue weighted by Crippen LogP contribution is -2.41. The van der Waals surface area contributed by atoms with Gasteiger partial charge in [0.15, 0.2) is 0 Å². The molecule has 1 amide bonds. The fraction of sp³-hybridized carbons (Fsp3) is 0.611. The summed E-state index contributed by atoms with van der Waals surface area (Å²) in [5.41, 5.74) is 1.05. The van der Waals surface area contributed by atoms with Gasteiger partial charge in [0.1, 0.15) is 5.75 Å². The molecule has 4 nitrogen and oxygen atoms in total. The van der Waals surface area contributed by atoms with E-state index >= 15 is 0 Å². The topological polar surface area (TPSA) is 41.6 Å². The van der Waals surface area contributed by atoms with E-state index in [9.17, 15) is 4.79 Å². The van der Waals surface area contributed by atoms with Gasteiger partial charge in [-0.25, -0.2) is 0 Å². The van der Waals surface area contributed by atoms with E-state index in [1.807, 2.05) is 36.2 Å². The lowest BCUT2D eigenvalue weighted by Gasteiger charge is -2.24. The Morgan fingerprint density at radius 3 is 2.73 bits per heavy atom. The van der Waals surface area contributed by atoms with Gasteiger partial charge in [-0.2, -0.15) is 0 Å². The fourth-order valence-corrected chi connectivity index (χ4v) is 2.85. The second kappa shape index (κ2) is 8.18. The van der Waals surface area contributed by atoms with E-state index in [1.54, 1.807) is 0 Å². The molecule has 1 fully saturated rings. The number of carbonyl (C=O) groups is 1. The zero-order valence-electron chi connectivity index (χ0n) is 14.0. The lowest BCUT2D eigenvalue weighted by atomic mass is 10.1. The fourth-order valence-electron chi connectivity index (χ4n) is 2.85.